The molecule has 0 aliphatic carbocycles. The summed E-state index contributed by atoms with van der Waals surface area (Å²) in [7, 11) is 0. The molecule has 12 heteroatoms. The second kappa shape index (κ2) is 8.45. The summed E-state index contributed by atoms with van der Waals surface area (Å²) in [5, 5.41) is 4.11. The Labute approximate surface area is 185 Å². The van der Waals surface area contributed by atoms with Crippen LogP contribution in [0.4, 0.5) is 13.2 Å². The van der Waals surface area contributed by atoms with E-state index in [1.165, 1.54) is 29.1 Å². The predicted octanol–water partition coefficient (Wildman–Crippen LogP) is 3.21. The number of hydrogen-bond donors (Lipinski definition) is 2. The Morgan fingerprint density at radius 1 is 1.03 bits per heavy atom. The number of pyridine rings is 1. The summed E-state index contributed by atoms with van der Waals surface area (Å²) in [5.74, 6) is -0.407. The molecule has 1 aliphatic heterocycles. The minimum Gasteiger partial charge on any atom is -0.454 e. The second-order valence-electron chi connectivity index (χ2n) is 7.39. The molecule has 0 saturated carbocycles. The molecule has 1 aromatic carbocycles. The van der Waals surface area contributed by atoms with Gasteiger partial charge in [-0.1, -0.05) is 13.8 Å². The van der Waals surface area contributed by atoms with Gasteiger partial charge in [0.05, 0.1) is 23.0 Å². The molecule has 0 radical (unpaired) electrons. The molecule has 0 fully saturated rings. The molecule has 0 saturated heterocycles. The van der Waals surface area contributed by atoms with Gasteiger partial charge < -0.3 is 9.47 Å². The zero-order valence-electron chi connectivity index (χ0n) is 17.4. The monoisotopic (exact) mass is 461 g/mol. The van der Waals surface area contributed by atoms with Gasteiger partial charge in [0.2, 0.25) is 6.79 Å². The molecule has 9 nitrogen and oxygen atoms in total. The highest BCUT2D eigenvalue weighted by atomic mass is 19.4. The number of carbonyl (C=O) groups excluding carboxylic acids is 2. The van der Waals surface area contributed by atoms with Gasteiger partial charge in [-0.2, -0.15) is 18.3 Å². The lowest BCUT2D eigenvalue weighted by Crippen LogP contribution is -2.41. The number of nitrogens with one attached hydrogen (secondary N) is 2. The number of hydrazine groups is 1. The smallest absolute Gasteiger partial charge is 0.417 e. The van der Waals surface area contributed by atoms with E-state index in [-0.39, 0.29) is 29.7 Å². The molecule has 1 aliphatic rings. The molecule has 0 bridgehead atoms. The lowest BCUT2D eigenvalue weighted by Gasteiger charge is -2.13. The Hall–Kier alpha value is -4.09. The van der Waals surface area contributed by atoms with Gasteiger partial charge in [-0.25, -0.2) is 9.67 Å². The molecule has 2 aromatic heterocycles. The van der Waals surface area contributed by atoms with Crippen molar-refractivity contribution in [3.63, 3.8) is 0 Å². The summed E-state index contributed by atoms with van der Waals surface area (Å²) >= 11 is 0. The quantitative estimate of drug-likeness (QED) is 0.578. The molecule has 3 aromatic rings. The van der Waals surface area contributed by atoms with Crippen molar-refractivity contribution in [3.05, 3.63) is 65.1 Å². The maximum Gasteiger partial charge on any atom is 0.417 e. The standard InChI is InChI=1S/C21H18F3N5O4/c1-11(2)18-14(9-26-29(18)17-6-4-13(8-25-17)21(22,23)24)20(31)28-27-19(30)12-3-5-15-16(7-12)33-10-32-15/h3-9,11H,10H2,1-2H3,(H,27,30)(H,28,31). The van der Waals surface area contributed by atoms with Crippen molar-refractivity contribution < 1.29 is 32.2 Å². The molecule has 0 spiro atoms. The largest absolute Gasteiger partial charge is 0.454 e. The maximum atomic E-state index is 12.8. The Morgan fingerprint density at radius 3 is 2.42 bits per heavy atom. The third-order valence-electron chi connectivity index (χ3n) is 4.81. The third-order valence-corrected chi connectivity index (χ3v) is 4.81. The Morgan fingerprint density at radius 2 is 1.76 bits per heavy atom. The second-order valence-corrected chi connectivity index (χ2v) is 7.39. The van der Waals surface area contributed by atoms with E-state index in [1.54, 1.807) is 19.9 Å². The number of amides is 2. The van der Waals surface area contributed by atoms with Gasteiger partial charge in [0, 0.05) is 11.8 Å². The zero-order chi connectivity index (χ0) is 23.8. The fourth-order valence-electron chi connectivity index (χ4n) is 3.24. The highest BCUT2D eigenvalue weighted by molar-refractivity contribution is 6.00. The van der Waals surface area contributed by atoms with E-state index < -0.39 is 23.6 Å². The number of ether oxygens (including phenoxy) is 2. The molecule has 172 valence electrons. The van der Waals surface area contributed by atoms with Crippen molar-refractivity contribution >= 4 is 11.8 Å². The number of fused-ring (bicyclic) bond motifs is 1. The van der Waals surface area contributed by atoms with E-state index in [9.17, 15) is 22.8 Å². The van der Waals surface area contributed by atoms with Crippen LogP contribution in [-0.2, 0) is 6.18 Å². The van der Waals surface area contributed by atoms with Crippen molar-refractivity contribution in [3.8, 4) is 17.3 Å². The van der Waals surface area contributed by atoms with Crippen LogP contribution in [0, 0.1) is 0 Å². The summed E-state index contributed by atoms with van der Waals surface area (Å²) in [4.78, 5) is 29.0. The number of hydrogen-bond acceptors (Lipinski definition) is 6. The van der Waals surface area contributed by atoms with E-state index in [0.29, 0.717) is 23.4 Å². The van der Waals surface area contributed by atoms with Gasteiger partial charge in [0.15, 0.2) is 17.3 Å². The number of halogens is 3. The lowest BCUT2D eigenvalue weighted by atomic mass is 10.1. The van der Waals surface area contributed by atoms with Crippen LogP contribution >= 0.6 is 0 Å². The minimum atomic E-state index is -4.52. The van der Waals surface area contributed by atoms with Gasteiger partial charge in [0.25, 0.3) is 11.8 Å². The number of benzene rings is 1. The van der Waals surface area contributed by atoms with Crippen LogP contribution in [0.15, 0.2) is 42.7 Å². The highest BCUT2D eigenvalue weighted by Crippen LogP contribution is 2.32. The number of carbonyl (C=O) groups is 2. The van der Waals surface area contributed by atoms with Crippen molar-refractivity contribution in [2.75, 3.05) is 6.79 Å². The molecule has 0 unspecified atom stereocenters. The van der Waals surface area contributed by atoms with E-state index >= 15 is 0 Å². The summed E-state index contributed by atoms with van der Waals surface area (Å²) in [5.41, 5.74) is 4.54. The maximum absolute atomic E-state index is 12.8. The van der Waals surface area contributed by atoms with Gasteiger partial charge in [0.1, 0.15) is 0 Å². The number of nitrogens with zero attached hydrogens (tertiary/aromatic N) is 3. The van der Waals surface area contributed by atoms with Gasteiger partial charge in [-0.3, -0.25) is 20.4 Å². The average Bonchev–Trinajstić information content (AvgIpc) is 3.43. The fourth-order valence-corrected chi connectivity index (χ4v) is 3.24. The molecule has 33 heavy (non-hydrogen) atoms. The van der Waals surface area contributed by atoms with Crippen LogP contribution in [0.1, 0.15) is 51.7 Å². The van der Waals surface area contributed by atoms with E-state index in [1.807, 2.05) is 0 Å². The first-order chi connectivity index (χ1) is 15.6. The normalized spacial score (nSPS) is 12.7. The Balaban J connectivity index is 1.51. The average molecular weight is 461 g/mol. The summed E-state index contributed by atoms with van der Waals surface area (Å²) < 4.78 is 50.2. The highest BCUT2D eigenvalue weighted by Gasteiger charge is 2.31. The molecular weight excluding hydrogens is 443 g/mol. The van der Waals surface area contributed by atoms with Crippen LogP contribution < -0.4 is 20.3 Å². The molecule has 2 amide bonds. The number of aromatic nitrogens is 3. The molecular formula is C21H18F3N5O4. The van der Waals surface area contributed by atoms with E-state index in [0.717, 1.165) is 6.07 Å². The fraction of sp³-hybridized carbons (Fsp3) is 0.238. The third kappa shape index (κ3) is 4.45. The Bertz CT molecular complexity index is 1210. The number of alkyl halides is 3. The predicted molar refractivity (Wildman–Crippen MR) is 108 cm³/mol. The van der Waals surface area contributed by atoms with Gasteiger partial charge >= 0.3 is 6.18 Å². The number of rotatable bonds is 4. The molecule has 2 N–H and O–H groups in total. The van der Waals surface area contributed by atoms with E-state index in [4.69, 9.17) is 9.47 Å². The van der Waals surface area contributed by atoms with Crippen LogP contribution in [0.2, 0.25) is 0 Å². The van der Waals surface area contributed by atoms with Crippen molar-refractivity contribution in [1.82, 2.24) is 25.6 Å². The first kappa shape index (κ1) is 22.1. The van der Waals surface area contributed by atoms with Crippen LogP contribution in [-0.4, -0.2) is 33.4 Å². The summed E-state index contributed by atoms with van der Waals surface area (Å²) in [6.45, 7) is 3.64. The van der Waals surface area contributed by atoms with Crippen LogP contribution in [0.3, 0.4) is 0 Å². The van der Waals surface area contributed by atoms with E-state index in [2.05, 4.69) is 20.9 Å². The molecule has 4 rings (SSSR count). The van der Waals surface area contributed by atoms with Crippen LogP contribution in [0.5, 0.6) is 11.5 Å². The topological polar surface area (TPSA) is 107 Å². The van der Waals surface area contributed by atoms with Crippen LogP contribution in [0.25, 0.3) is 5.82 Å². The van der Waals surface area contributed by atoms with Crippen molar-refractivity contribution in [2.24, 2.45) is 0 Å². The molecule has 0 atom stereocenters. The summed E-state index contributed by atoms with van der Waals surface area (Å²) in [6.07, 6.45) is -2.55. The first-order valence-electron chi connectivity index (χ1n) is 9.77. The molecule has 3 heterocycles. The lowest BCUT2D eigenvalue weighted by molar-refractivity contribution is -0.137. The van der Waals surface area contributed by atoms with Crippen molar-refractivity contribution in [1.29, 1.82) is 0 Å². The summed E-state index contributed by atoms with van der Waals surface area (Å²) in [6, 6.07) is 6.64. The zero-order valence-corrected chi connectivity index (χ0v) is 17.4. The SMILES string of the molecule is CC(C)c1c(C(=O)NNC(=O)c2ccc3c(c2)OCO3)cnn1-c1ccc(C(F)(F)F)cn1. The Kier molecular flexibility index (Phi) is 5.66. The minimum absolute atomic E-state index is 0.0624. The van der Waals surface area contributed by atoms with Crippen molar-refractivity contribution in [2.45, 2.75) is 25.9 Å². The van der Waals surface area contributed by atoms with Gasteiger partial charge in [-0.15, -0.1) is 0 Å². The van der Waals surface area contributed by atoms with Gasteiger partial charge in [-0.05, 0) is 36.2 Å². The first-order valence-corrected chi connectivity index (χ1v) is 9.77.